The summed E-state index contributed by atoms with van der Waals surface area (Å²) in [5.41, 5.74) is 4.96. The molecule has 3 rings (SSSR count). The van der Waals surface area contributed by atoms with E-state index in [1.807, 2.05) is 19.3 Å². The van der Waals surface area contributed by atoms with Gasteiger partial charge in [-0.05, 0) is 55.2 Å². The Balaban J connectivity index is 0.00000320. The number of hydrogen-bond acceptors (Lipinski definition) is 4. The summed E-state index contributed by atoms with van der Waals surface area (Å²) in [5, 5.41) is 7.07. The molecule has 6 nitrogen and oxygen atoms in total. The summed E-state index contributed by atoms with van der Waals surface area (Å²) in [5.74, 6) is 0.879. The van der Waals surface area contributed by atoms with Crippen LogP contribution in [0.3, 0.4) is 0 Å². The van der Waals surface area contributed by atoms with E-state index in [-0.39, 0.29) is 24.0 Å². The predicted octanol–water partition coefficient (Wildman–Crippen LogP) is 3.40. The molecular formula is C23H35IN6. The van der Waals surface area contributed by atoms with Gasteiger partial charge < -0.3 is 15.5 Å². The van der Waals surface area contributed by atoms with E-state index in [0.717, 1.165) is 50.7 Å². The van der Waals surface area contributed by atoms with Gasteiger partial charge in [0, 0.05) is 65.2 Å². The third-order valence-corrected chi connectivity index (χ3v) is 5.55. The highest BCUT2D eigenvalue weighted by Gasteiger charge is 2.20. The van der Waals surface area contributed by atoms with Crippen molar-refractivity contribution in [2.24, 2.45) is 4.99 Å². The number of aliphatic imine (C=N–C) groups is 1. The minimum absolute atomic E-state index is 0. The predicted molar refractivity (Wildman–Crippen MR) is 137 cm³/mol. The van der Waals surface area contributed by atoms with Gasteiger partial charge in [0.2, 0.25) is 0 Å². The normalized spacial score (nSPS) is 15.4. The zero-order valence-electron chi connectivity index (χ0n) is 18.6. The molecular weight excluding hydrogens is 487 g/mol. The van der Waals surface area contributed by atoms with Crippen LogP contribution in [0, 0.1) is 6.92 Å². The van der Waals surface area contributed by atoms with Crippen molar-refractivity contribution in [1.82, 2.24) is 20.5 Å². The molecule has 1 aliphatic heterocycles. The number of pyridine rings is 1. The van der Waals surface area contributed by atoms with E-state index in [4.69, 9.17) is 0 Å². The number of nitrogens with one attached hydrogen (secondary N) is 2. The number of hydrogen-bond donors (Lipinski definition) is 2. The number of piperidine rings is 1. The van der Waals surface area contributed by atoms with Crippen molar-refractivity contribution in [2.45, 2.75) is 38.9 Å². The fourth-order valence-electron chi connectivity index (χ4n) is 3.68. The lowest BCUT2D eigenvalue weighted by atomic mass is 10.0. The first-order chi connectivity index (χ1) is 14.0. The highest BCUT2D eigenvalue weighted by molar-refractivity contribution is 14.0. The molecule has 2 N–H and O–H groups in total. The molecule has 2 aromatic rings. The van der Waals surface area contributed by atoms with Crippen molar-refractivity contribution in [1.29, 1.82) is 0 Å². The fraction of sp³-hybridized carbons (Fsp3) is 0.478. The molecule has 0 unspecified atom stereocenters. The van der Waals surface area contributed by atoms with Gasteiger partial charge in [-0.2, -0.15) is 0 Å². The van der Waals surface area contributed by atoms with Crippen molar-refractivity contribution >= 4 is 35.6 Å². The standard InChI is InChI=1S/C23H34N6.HI/c1-18-15-22(28(3)4)9-8-19(18)16-26-23(24-2)27-20-10-13-29(14-11-20)17-21-7-5-6-12-25-21;/h5-9,12,15,20H,10-11,13-14,16-17H2,1-4H3,(H2,24,26,27);1H. The molecule has 2 heterocycles. The number of halogens is 1. The molecule has 1 aliphatic rings. The zero-order valence-corrected chi connectivity index (χ0v) is 20.9. The molecule has 1 aromatic carbocycles. The van der Waals surface area contributed by atoms with Gasteiger partial charge in [-0.25, -0.2) is 0 Å². The van der Waals surface area contributed by atoms with Gasteiger partial charge in [0.15, 0.2) is 5.96 Å². The molecule has 0 radical (unpaired) electrons. The summed E-state index contributed by atoms with van der Waals surface area (Å²) in [4.78, 5) is 13.5. The lowest BCUT2D eigenvalue weighted by molar-refractivity contribution is 0.196. The van der Waals surface area contributed by atoms with E-state index in [2.05, 4.69) is 81.8 Å². The van der Waals surface area contributed by atoms with Crippen LogP contribution in [-0.2, 0) is 13.1 Å². The van der Waals surface area contributed by atoms with Crippen LogP contribution in [0.4, 0.5) is 5.69 Å². The first-order valence-electron chi connectivity index (χ1n) is 10.4. The molecule has 0 amide bonds. The molecule has 0 bridgehead atoms. The average molecular weight is 522 g/mol. The lowest BCUT2D eigenvalue weighted by Gasteiger charge is -2.32. The smallest absolute Gasteiger partial charge is 0.191 e. The Bertz CT molecular complexity index is 801. The summed E-state index contributed by atoms with van der Waals surface area (Å²) in [6.07, 6.45) is 4.10. The maximum Gasteiger partial charge on any atom is 0.191 e. The molecule has 30 heavy (non-hydrogen) atoms. The van der Waals surface area contributed by atoms with Gasteiger partial charge >= 0.3 is 0 Å². The van der Waals surface area contributed by atoms with E-state index in [0.29, 0.717) is 6.04 Å². The fourth-order valence-corrected chi connectivity index (χ4v) is 3.68. The Morgan fingerprint density at radius 2 is 1.97 bits per heavy atom. The number of aromatic nitrogens is 1. The van der Waals surface area contributed by atoms with E-state index >= 15 is 0 Å². The molecule has 0 saturated carbocycles. The molecule has 0 atom stereocenters. The van der Waals surface area contributed by atoms with Crippen molar-refractivity contribution in [3.8, 4) is 0 Å². The Morgan fingerprint density at radius 3 is 2.57 bits per heavy atom. The van der Waals surface area contributed by atoms with Gasteiger partial charge in [0.1, 0.15) is 0 Å². The van der Waals surface area contributed by atoms with Crippen LogP contribution in [0.2, 0.25) is 0 Å². The van der Waals surface area contributed by atoms with E-state index in [1.54, 1.807) is 0 Å². The molecule has 0 spiro atoms. The van der Waals surface area contributed by atoms with Crippen LogP contribution in [0.15, 0.2) is 47.6 Å². The largest absolute Gasteiger partial charge is 0.378 e. The number of nitrogens with zero attached hydrogens (tertiary/aromatic N) is 4. The second kappa shape index (κ2) is 12.1. The minimum Gasteiger partial charge on any atom is -0.378 e. The number of benzene rings is 1. The topological polar surface area (TPSA) is 55.8 Å². The number of aryl methyl sites for hydroxylation is 1. The van der Waals surface area contributed by atoms with Crippen molar-refractivity contribution < 1.29 is 0 Å². The van der Waals surface area contributed by atoms with Gasteiger partial charge in [-0.15, -0.1) is 24.0 Å². The van der Waals surface area contributed by atoms with E-state index in [1.165, 1.54) is 16.8 Å². The molecule has 7 heteroatoms. The van der Waals surface area contributed by atoms with Gasteiger partial charge in [-0.3, -0.25) is 14.9 Å². The van der Waals surface area contributed by atoms with Crippen molar-refractivity contribution in [3.05, 3.63) is 59.4 Å². The first kappa shape index (κ1) is 24.4. The van der Waals surface area contributed by atoms with Crippen molar-refractivity contribution in [3.63, 3.8) is 0 Å². The highest BCUT2D eigenvalue weighted by Crippen LogP contribution is 2.17. The maximum absolute atomic E-state index is 4.44. The van der Waals surface area contributed by atoms with Gasteiger partial charge in [0.25, 0.3) is 0 Å². The van der Waals surface area contributed by atoms with Crippen LogP contribution in [0.1, 0.15) is 29.7 Å². The Kier molecular flexibility index (Phi) is 9.84. The summed E-state index contributed by atoms with van der Waals surface area (Å²) >= 11 is 0. The maximum atomic E-state index is 4.44. The summed E-state index contributed by atoms with van der Waals surface area (Å²) in [7, 11) is 5.98. The number of rotatable bonds is 6. The first-order valence-corrected chi connectivity index (χ1v) is 10.4. The Morgan fingerprint density at radius 1 is 1.20 bits per heavy atom. The van der Waals surface area contributed by atoms with E-state index < -0.39 is 0 Å². The minimum atomic E-state index is 0. The quantitative estimate of drug-likeness (QED) is 0.346. The SMILES string of the molecule is CN=C(NCc1ccc(N(C)C)cc1C)NC1CCN(Cc2ccccn2)CC1.I. The monoisotopic (exact) mass is 522 g/mol. The molecule has 164 valence electrons. The van der Waals surface area contributed by atoms with Crippen LogP contribution >= 0.6 is 24.0 Å². The van der Waals surface area contributed by atoms with Gasteiger partial charge in [0.05, 0.1) is 5.69 Å². The second-order valence-corrected chi connectivity index (χ2v) is 7.95. The summed E-state index contributed by atoms with van der Waals surface area (Å²) in [6, 6.07) is 13.2. The van der Waals surface area contributed by atoms with Crippen LogP contribution in [-0.4, -0.2) is 56.1 Å². The number of likely N-dealkylation sites (tertiary alicyclic amines) is 1. The second-order valence-electron chi connectivity index (χ2n) is 7.95. The average Bonchev–Trinajstić information content (AvgIpc) is 2.73. The Labute approximate surface area is 198 Å². The van der Waals surface area contributed by atoms with Crippen LogP contribution in [0.5, 0.6) is 0 Å². The van der Waals surface area contributed by atoms with Crippen molar-refractivity contribution in [2.75, 3.05) is 39.1 Å². The van der Waals surface area contributed by atoms with Crippen LogP contribution in [0.25, 0.3) is 0 Å². The number of anilines is 1. The van der Waals surface area contributed by atoms with Gasteiger partial charge in [-0.1, -0.05) is 12.1 Å². The summed E-state index contributed by atoms with van der Waals surface area (Å²) < 4.78 is 0. The van der Waals surface area contributed by atoms with E-state index in [9.17, 15) is 0 Å². The third-order valence-electron chi connectivity index (χ3n) is 5.55. The zero-order chi connectivity index (χ0) is 20.6. The summed E-state index contributed by atoms with van der Waals surface area (Å²) in [6.45, 7) is 6.03. The highest BCUT2D eigenvalue weighted by atomic mass is 127. The van der Waals surface area contributed by atoms with Crippen LogP contribution < -0.4 is 15.5 Å². The number of guanidine groups is 1. The lowest BCUT2D eigenvalue weighted by Crippen LogP contribution is -2.48. The molecule has 1 saturated heterocycles. The molecule has 1 aromatic heterocycles. The molecule has 1 fully saturated rings. The molecule has 0 aliphatic carbocycles. The third kappa shape index (κ3) is 7.12. The Hall–Kier alpha value is -1.87.